The van der Waals surface area contributed by atoms with Gasteiger partial charge in [-0.25, -0.2) is 18.7 Å². The number of hydrogen-bond acceptors (Lipinski definition) is 11. The minimum Gasteiger partial charge on any atom is -0.508 e. The number of rotatable bonds is 5. The Hall–Kier alpha value is -5.15. The molecule has 0 saturated carbocycles. The number of carbonyl (C=O) groups excluding carboxylic acids is 1. The number of benzene rings is 2. The Labute approximate surface area is 256 Å². The van der Waals surface area contributed by atoms with Crippen LogP contribution in [0.4, 0.5) is 20.4 Å². The van der Waals surface area contributed by atoms with Crippen LogP contribution in [0.5, 0.6) is 11.5 Å². The van der Waals surface area contributed by atoms with Gasteiger partial charge in [-0.2, -0.15) is 0 Å². The molecule has 238 valence electrons. The molecule has 0 radical (unpaired) electrons. The number of carbonyl (C=O) groups is 1. The van der Waals surface area contributed by atoms with Crippen LogP contribution in [0.2, 0.25) is 0 Å². The number of anilines is 2. The first kappa shape index (κ1) is 32.8. The summed E-state index contributed by atoms with van der Waals surface area (Å²) in [6.45, 7) is 7.20. The van der Waals surface area contributed by atoms with E-state index in [4.69, 9.17) is 5.11 Å². The fraction of sp³-hybridized carbons (Fsp3) is 0.300. The summed E-state index contributed by atoms with van der Waals surface area (Å²) < 4.78 is 25.5. The Kier molecular flexibility index (Phi) is 11.7. The molecule has 6 rings (SSSR count). The van der Waals surface area contributed by atoms with Gasteiger partial charge in [-0.1, -0.05) is 0 Å². The van der Waals surface area contributed by atoms with Crippen LogP contribution in [-0.2, 0) is 6.54 Å². The van der Waals surface area contributed by atoms with Gasteiger partial charge in [-0.3, -0.25) is 19.3 Å². The van der Waals surface area contributed by atoms with Crippen molar-refractivity contribution in [3.63, 3.8) is 0 Å². The first-order chi connectivity index (χ1) is 21.7. The Morgan fingerprint density at radius 1 is 0.733 bits per heavy atom. The number of hydrogen-bond donors (Lipinski definition) is 5. The van der Waals surface area contributed by atoms with Gasteiger partial charge < -0.3 is 35.3 Å². The number of phenols is 2. The molecule has 2 aliphatic heterocycles. The highest BCUT2D eigenvalue weighted by atomic mass is 19.1. The van der Waals surface area contributed by atoms with Gasteiger partial charge in [0, 0.05) is 76.6 Å². The van der Waals surface area contributed by atoms with E-state index >= 15 is 0 Å². The van der Waals surface area contributed by atoms with Crippen molar-refractivity contribution in [2.45, 2.75) is 6.54 Å². The largest absolute Gasteiger partial charge is 0.508 e. The lowest BCUT2D eigenvalue weighted by molar-refractivity contribution is 0.112. The van der Waals surface area contributed by atoms with Crippen LogP contribution in [0.25, 0.3) is 0 Å². The van der Waals surface area contributed by atoms with E-state index in [1.807, 2.05) is 4.90 Å². The van der Waals surface area contributed by atoms with Crippen LogP contribution < -0.4 is 26.2 Å². The molecule has 0 bridgehead atoms. The number of nitrogens with one attached hydrogen (secondary N) is 3. The van der Waals surface area contributed by atoms with E-state index in [2.05, 4.69) is 35.1 Å². The lowest BCUT2D eigenvalue weighted by atomic mass is 10.1. The molecule has 2 aliphatic rings. The van der Waals surface area contributed by atoms with Gasteiger partial charge in [0.15, 0.2) is 6.29 Å². The number of phenolic OH excluding ortho intramolecular Hbond substituents is 2. The van der Waals surface area contributed by atoms with Crippen LogP contribution in [-0.4, -0.2) is 93.7 Å². The van der Waals surface area contributed by atoms with Crippen molar-refractivity contribution in [1.29, 1.82) is 0 Å². The zero-order valence-corrected chi connectivity index (χ0v) is 24.3. The number of aldehydes is 1. The summed E-state index contributed by atoms with van der Waals surface area (Å²) in [5, 5.41) is 21.9. The summed E-state index contributed by atoms with van der Waals surface area (Å²) in [4.78, 5) is 51.9. The van der Waals surface area contributed by atoms with Crippen molar-refractivity contribution in [3.05, 3.63) is 105 Å². The third-order valence-electron chi connectivity index (χ3n) is 7.02. The predicted octanol–water partition coefficient (Wildman–Crippen LogP) is 1.46. The van der Waals surface area contributed by atoms with Crippen LogP contribution in [0.15, 0.2) is 70.8 Å². The molecule has 2 saturated heterocycles. The molecule has 0 atom stereocenters. The maximum absolute atomic E-state index is 13.2. The molecule has 5 N–H and O–H groups in total. The highest BCUT2D eigenvalue weighted by molar-refractivity contribution is 5.78. The van der Waals surface area contributed by atoms with E-state index in [9.17, 15) is 28.3 Å². The van der Waals surface area contributed by atoms with Crippen molar-refractivity contribution >= 4 is 17.9 Å². The lowest BCUT2D eigenvalue weighted by Gasteiger charge is -2.35. The zero-order valence-electron chi connectivity index (χ0n) is 24.3. The maximum Gasteiger partial charge on any atom is 0.252 e. The van der Waals surface area contributed by atoms with Gasteiger partial charge in [0.25, 0.3) is 11.1 Å². The SMILES string of the molecule is O=Cc1cc(F)ccc1O.O=c1cc(N2CCN(Cc3cc(F)ccc3O)CC2)nc[nH]1.O=c1cc(N2CCNCC2)nc[nH]1. The third kappa shape index (κ3) is 9.94. The predicted molar refractivity (Wildman–Crippen MR) is 164 cm³/mol. The first-order valence-electron chi connectivity index (χ1n) is 14.2. The topological polar surface area (TPSA) is 171 Å². The molecular formula is C30H34F2N8O5. The van der Waals surface area contributed by atoms with Gasteiger partial charge in [0.1, 0.15) is 34.8 Å². The van der Waals surface area contributed by atoms with Gasteiger partial charge in [0.05, 0.1) is 18.2 Å². The van der Waals surface area contributed by atoms with Crippen molar-refractivity contribution in [3.8, 4) is 11.5 Å². The third-order valence-corrected chi connectivity index (χ3v) is 7.02. The second-order valence-corrected chi connectivity index (χ2v) is 10.1. The summed E-state index contributed by atoms with van der Waals surface area (Å²) in [6, 6.07) is 10.2. The maximum atomic E-state index is 13.2. The highest BCUT2D eigenvalue weighted by Gasteiger charge is 2.19. The van der Waals surface area contributed by atoms with Crippen molar-refractivity contribution in [2.75, 3.05) is 62.2 Å². The van der Waals surface area contributed by atoms with Crippen molar-refractivity contribution in [2.24, 2.45) is 0 Å². The molecule has 2 aromatic heterocycles. The molecule has 0 spiro atoms. The fourth-order valence-electron chi connectivity index (χ4n) is 4.63. The van der Waals surface area contributed by atoms with Crippen LogP contribution in [0.1, 0.15) is 15.9 Å². The van der Waals surface area contributed by atoms with E-state index < -0.39 is 5.82 Å². The summed E-state index contributed by atoms with van der Waals surface area (Å²) in [7, 11) is 0. The van der Waals surface area contributed by atoms with E-state index in [0.717, 1.165) is 76.4 Å². The van der Waals surface area contributed by atoms with Crippen molar-refractivity contribution < 1.29 is 23.8 Å². The van der Waals surface area contributed by atoms with Crippen LogP contribution in [0.3, 0.4) is 0 Å². The summed E-state index contributed by atoms with van der Waals surface area (Å²) in [5.74, 6) is 0.470. The molecule has 45 heavy (non-hydrogen) atoms. The molecule has 0 aliphatic carbocycles. The number of nitrogens with zero attached hydrogens (tertiary/aromatic N) is 5. The first-order valence-corrected chi connectivity index (χ1v) is 14.2. The summed E-state index contributed by atoms with van der Waals surface area (Å²) in [6.07, 6.45) is 3.24. The van der Waals surface area contributed by atoms with Gasteiger partial charge >= 0.3 is 0 Å². The lowest BCUT2D eigenvalue weighted by Crippen LogP contribution is -2.46. The molecular weight excluding hydrogens is 590 g/mol. The molecule has 4 aromatic rings. The number of aromatic nitrogens is 4. The van der Waals surface area contributed by atoms with E-state index in [1.54, 1.807) is 0 Å². The number of aromatic hydroxyl groups is 2. The molecule has 15 heteroatoms. The Balaban J connectivity index is 0.000000170. The number of piperazine rings is 2. The Morgan fingerprint density at radius 3 is 1.80 bits per heavy atom. The van der Waals surface area contributed by atoms with E-state index in [0.29, 0.717) is 24.2 Å². The minimum absolute atomic E-state index is 0.0278. The number of halogens is 2. The van der Waals surface area contributed by atoms with Crippen LogP contribution >= 0.6 is 0 Å². The average Bonchev–Trinajstić information content (AvgIpc) is 3.05. The minimum atomic E-state index is -0.528. The number of aromatic amines is 2. The van der Waals surface area contributed by atoms with Gasteiger partial charge in [0.2, 0.25) is 0 Å². The summed E-state index contributed by atoms with van der Waals surface area (Å²) in [5.41, 5.74) is 0.295. The Morgan fingerprint density at radius 2 is 1.27 bits per heavy atom. The zero-order chi connectivity index (χ0) is 32.2. The molecule has 0 amide bonds. The second-order valence-electron chi connectivity index (χ2n) is 10.1. The van der Waals surface area contributed by atoms with Crippen LogP contribution in [0, 0.1) is 11.6 Å². The molecule has 0 unspecified atom stereocenters. The molecule has 2 fully saturated rings. The standard InChI is InChI=1S/C15H17FN4O2.C8H12N4O.C7H5FO2/c16-12-1-2-13(21)11(7-12)9-19-3-5-20(6-4-19)14-8-15(22)18-10-17-14;13-8-5-7(10-6-11-8)12-3-1-9-2-4-12;8-6-1-2-7(10)5(3-6)4-9/h1-2,7-8,10,21H,3-6,9H2,(H,17,18,22);5-6,9H,1-4H2,(H,10,11,13);1-4,10H. The highest BCUT2D eigenvalue weighted by Crippen LogP contribution is 2.21. The average molecular weight is 625 g/mol. The van der Waals surface area contributed by atoms with E-state index in [1.165, 1.54) is 43.0 Å². The second kappa shape index (κ2) is 16.1. The fourth-order valence-corrected chi connectivity index (χ4v) is 4.63. The van der Waals surface area contributed by atoms with Gasteiger partial charge in [-0.05, 0) is 36.4 Å². The number of H-pyrrole nitrogens is 2. The van der Waals surface area contributed by atoms with Crippen molar-refractivity contribution in [1.82, 2.24) is 30.2 Å². The Bertz CT molecular complexity index is 1670. The normalized spacial score (nSPS) is 14.9. The quantitative estimate of drug-likeness (QED) is 0.204. The molecule has 4 heterocycles. The molecule has 13 nitrogen and oxygen atoms in total. The summed E-state index contributed by atoms with van der Waals surface area (Å²) >= 11 is 0. The smallest absolute Gasteiger partial charge is 0.252 e. The molecule has 2 aromatic carbocycles. The van der Waals surface area contributed by atoms with Gasteiger partial charge in [-0.15, -0.1) is 0 Å². The van der Waals surface area contributed by atoms with E-state index in [-0.39, 0.29) is 34.0 Å². The monoisotopic (exact) mass is 624 g/mol.